The van der Waals surface area contributed by atoms with Gasteiger partial charge >= 0.3 is 58.4 Å². The molecule has 0 unspecified atom stereocenters. The SMILES string of the molecule is CC(=O)[O-].CC(=O)[O-].[O-]c1ccccc1C=NCCCN=Cc1ccccc1[O-].[O-]c1ccccc1C=NCCCN=Cc1ccccc1[O-].[Zn+2].[Zn+2].[Zn+2]. The van der Waals surface area contributed by atoms with Crippen LogP contribution in [0.2, 0.25) is 0 Å². The molecule has 264 valence electrons. The summed E-state index contributed by atoms with van der Waals surface area (Å²) in [5.74, 6) is -2.25. The molecule has 0 fully saturated rings. The molecule has 0 aliphatic rings. The second-order valence-electron chi connectivity index (χ2n) is 9.98. The van der Waals surface area contributed by atoms with E-state index in [1.54, 1.807) is 73.4 Å². The van der Waals surface area contributed by atoms with Gasteiger partial charge in [0.1, 0.15) is 0 Å². The van der Waals surface area contributed by atoms with Crippen molar-refractivity contribution in [3.05, 3.63) is 119 Å². The Kier molecular flexibility index (Phi) is 33.4. The average Bonchev–Trinajstić information content (AvgIpc) is 3.07. The Balaban J connectivity index is -0.000000749. The van der Waals surface area contributed by atoms with Crippen molar-refractivity contribution in [3.63, 3.8) is 0 Å². The molecule has 4 rings (SSSR count). The largest absolute Gasteiger partial charge is 2.00 e. The molecule has 0 N–H and O–H groups in total. The molecule has 0 saturated carbocycles. The van der Waals surface area contributed by atoms with Gasteiger partial charge in [-0.1, -0.05) is 97.1 Å². The first kappa shape index (κ1) is 52.9. The fraction of sp³-hybridized carbons (Fsp3) is 0.211. The Labute approximate surface area is 348 Å². The van der Waals surface area contributed by atoms with E-state index in [0.717, 1.165) is 26.7 Å². The minimum atomic E-state index is -1.08. The number of benzene rings is 4. The van der Waals surface area contributed by atoms with Crippen LogP contribution in [-0.2, 0) is 68.0 Å². The van der Waals surface area contributed by atoms with Gasteiger partial charge in [-0.15, -0.1) is 23.0 Å². The third-order valence-corrected chi connectivity index (χ3v) is 5.75. The number of aliphatic carboxylic acids is 2. The number of carboxylic acid groups (broad SMARTS) is 2. The van der Waals surface area contributed by atoms with Crippen LogP contribution in [0.1, 0.15) is 48.9 Å². The summed E-state index contributed by atoms with van der Waals surface area (Å²) in [7, 11) is 0. The number of para-hydroxylation sites is 4. The number of carbonyl (C=O) groups is 2. The number of aliphatic imine (C=N–C) groups is 4. The zero-order valence-electron chi connectivity index (χ0n) is 30.0. The number of hydrogen-bond acceptors (Lipinski definition) is 12. The molecule has 0 spiro atoms. The molecule has 4 aromatic carbocycles. The van der Waals surface area contributed by atoms with Gasteiger partial charge in [0, 0.05) is 63.0 Å². The number of nitrogens with zero attached hydrogens (tertiary/aromatic N) is 4. The summed E-state index contributed by atoms with van der Waals surface area (Å²) in [5.41, 5.74) is 2.39. The molecule has 0 aliphatic carbocycles. The molecule has 0 amide bonds. The molecule has 0 radical (unpaired) electrons. The summed E-state index contributed by atoms with van der Waals surface area (Å²) in [6, 6.07) is 27.2. The van der Waals surface area contributed by atoms with E-state index in [9.17, 15) is 20.4 Å². The first-order chi connectivity index (χ1) is 24.0. The Hall–Kier alpha value is -4.43. The van der Waals surface area contributed by atoms with Gasteiger partial charge in [0.15, 0.2) is 0 Å². The first-order valence-corrected chi connectivity index (χ1v) is 15.4. The summed E-state index contributed by atoms with van der Waals surface area (Å²) < 4.78 is 0. The van der Waals surface area contributed by atoms with Crippen LogP contribution in [0.3, 0.4) is 0 Å². The van der Waals surface area contributed by atoms with Crippen molar-refractivity contribution >= 4 is 36.8 Å². The predicted molar refractivity (Wildman–Crippen MR) is 184 cm³/mol. The normalized spacial score (nSPS) is 10.0. The maximum absolute atomic E-state index is 11.4. The van der Waals surface area contributed by atoms with Gasteiger partial charge in [0.25, 0.3) is 0 Å². The second kappa shape index (κ2) is 33.4. The van der Waals surface area contributed by atoms with Gasteiger partial charge in [-0.2, -0.15) is 0 Å². The molecular weight excluding hydrogens is 837 g/mol. The molecule has 53 heavy (non-hydrogen) atoms. The van der Waals surface area contributed by atoms with Crippen LogP contribution in [0, 0.1) is 0 Å². The van der Waals surface area contributed by atoms with Crippen molar-refractivity contribution in [2.45, 2.75) is 26.7 Å². The third-order valence-electron chi connectivity index (χ3n) is 5.75. The zero-order chi connectivity index (χ0) is 37.0. The van der Waals surface area contributed by atoms with Crippen LogP contribution in [0.5, 0.6) is 23.0 Å². The molecule has 0 atom stereocenters. The van der Waals surface area contributed by atoms with E-state index in [1.807, 2.05) is 24.3 Å². The van der Waals surface area contributed by atoms with Crippen molar-refractivity contribution in [2.24, 2.45) is 20.0 Å². The fourth-order valence-electron chi connectivity index (χ4n) is 3.51. The van der Waals surface area contributed by atoms with Crippen molar-refractivity contribution in [1.82, 2.24) is 0 Å². The van der Waals surface area contributed by atoms with Crippen molar-refractivity contribution in [2.75, 3.05) is 26.2 Å². The summed E-state index contributed by atoms with van der Waals surface area (Å²) in [6.07, 6.45) is 7.93. The molecule has 15 heteroatoms. The Morgan fingerprint density at radius 1 is 0.434 bits per heavy atom. The third kappa shape index (κ3) is 27.8. The van der Waals surface area contributed by atoms with Gasteiger partial charge in [-0.05, 0) is 48.9 Å². The van der Waals surface area contributed by atoms with E-state index < -0.39 is 11.9 Å². The molecule has 0 aliphatic heterocycles. The number of carbonyl (C=O) groups excluding carboxylic acids is 2. The summed E-state index contributed by atoms with van der Waals surface area (Å²) in [5, 5.41) is 63.5. The van der Waals surface area contributed by atoms with E-state index in [2.05, 4.69) is 20.0 Å². The smallest absolute Gasteiger partial charge is 0.872 e. The molecule has 0 aromatic heterocycles. The van der Waals surface area contributed by atoms with Gasteiger partial charge in [0.2, 0.25) is 0 Å². The van der Waals surface area contributed by atoms with Gasteiger partial charge in [-0.25, -0.2) is 0 Å². The van der Waals surface area contributed by atoms with Crippen LogP contribution in [-0.4, -0.2) is 63.0 Å². The van der Waals surface area contributed by atoms with E-state index in [-0.39, 0.29) is 81.4 Å². The number of hydrogen-bond donors (Lipinski definition) is 0. The quantitative estimate of drug-likeness (QED) is 0.113. The Morgan fingerprint density at radius 2 is 0.604 bits per heavy atom. The summed E-state index contributed by atoms with van der Waals surface area (Å²) in [4.78, 5) is 34.6. The van der Waals surface area contributed by atoms with Crippen LogP contribution < -0.4 is 30.6 Å². The average molecular weight is 875 g/mol. The topological polar surface area (TPSA) is 222 Å². The second-order valence-corrected chi connectivity index (χ2v) is 9.98. The number of rotatable bonds is 12. The van der Waals surface area contributed by atoms with E-state index >= 15 is 0 Å². The minimum Gasteiger partial charge on any atom is -0.872 e. The van der Waals surface area contributed by atoms with Crippen molar-refractivity contribution in [1.29, 1.82) is 0 Å². The Morgan fingerprint density at radius 3 is 0.774 bits per heavy atom. The maximum Gasteiger partial charge on any atom is 2.00 e. The van der Waals surface area contributed by atoms with Crippen LogP contribution in [0.4, 0.5) is 0 Å². The summed E-state index contributed by atoms with van der Waals surface area (Å²) in [6.45, 7) is 4.35. The standard InChI is InChI=1S/2C17H18N2O2.2C2H4O2.3Zn/c2*20-16-8-3-1-6-14(16)12-18-10-5-11-19-13-15-7-2-4-9-17(15)21;2*1-2(3)4;;;/h2*1-4,6-9,12-13,20-21H,5,10-11H2;2*1H3,(H,3,4);;;/q;;;;3*+2/p-6. The van der Waals surface area contributed by atoms with E-state index in [4.69, 9.17) is 19.8 Å². The van der Waals surface area contributed by atoms with Gasteiger partial charge in [-0.3, -0.25) is 20.0 Å². The summed E-state index contributed by atoms with van der Waals surface area (Å²) >= 11 is 0. The van der Waals surface area contributed by atoms with E-state index in [0.29, 0.717) is 48.4 Å². The van der Waals surface area contributed by atoms with Crippen molar-refractivity contribution in [3.8, 4) is 23.0 Å². The fourth-order valence-corrected chi connectivity index (χ4v) is 3.51. The predicted octanol–water partition coefficient (Wildman–Crippen LogP) is 1.03. The Bertz CT molecular complexity index is 1480. The number of carboxylic acids is 2. The van der Waals surface area contributed by atoms with E-state index in [1.165, 1.54) is 24.3 Å². The molecular formula is C38H38N4O8Zn3. The molecule has 0 bridgehead atoms. The van der Waals surface area contributed by atoms with Gasteiger partial charge in [0.05, 0.1) is 0 Å². The minimum absolute atomic E-state index is 0. The van der Waals surface area contributed by atoms with Crippen LogP contribution in [0.25, 0.3) is 0 Å². The van der Waals surface area contributed by atoms with Crippen LogP contribution in [0.15, 0.2) is 117 Å². The first-order valence-electron chi connectivity index (χ1n) is 15.4. The molecule has 0 saturated heterocycles. The molecule has 0 heterocycles. The zero-order valence-corrected chi connectivity index (χ0v) is 38.9. The molecule has 4 aromatic rings. The van der Waals surface area contributed by atoms with Crippen molar-refractivity contribution < 1.29 is 98.7 Å². The van der Waals surface area contributed by atoms with Crippen LogP contribution >= 0.6 is 0 Å². The monoisotopic (exact) mass is 870 g/mol. The maximum atomic E-state index is 11.4. The van der Waals surface area contributed by atoms with Gasteiger partial charge < -0.3 is 40.2 Å². The molecule has 12 nitrogen and oxygen atoms in total.